The van der Waals surface area contributed by atoms with Crippen LogP contribution >= 0.6 is 0 Å². The van der Waals surface area contributed by atoms with Crippen LogP contribution in [0.25, 0.3) is 0 Å². The van der Waals surface area contributed by atoms with Crippen LogP contribution in [0, 0.1) is 12.3 Å². The number of carbonyl (C=O) groups excluding carboxylic acids is 2. The first-order valence-electron chi connectivity index (χ1n) is 9.99. The van der Waals surface area contributed by atoms with Crippen molar-refractivity contribution in [2.24, 2.45) is 5.41 Å². The minimum Gasteiger partial charge on any atom is -0.312 e. The third-order valence-electron chi connectivity index (χ3n) is 7.30. The Bertz CT molecular complexity index is 948. The molecule has 5 rings (SSSR count). The molecule has 2 N–H and O–H groups in total. The molecule has 1 spiro atoms. The van der Waals surface area contributed by atoms with Gasteiger partial charge in [0.1, 0.15) is 5.54 Å². The van der Waals surface area contributed by atoms with Crippen LogP contribution in [0.2, 0.25) is 0 Å². The number of nitrogens with one attached hydrogen (secondary N) is 2. The molecule has 1 aromatic rings. The van der Waals surface area contributed by atoms with E-state index < -0.39 is 5.54 Å². The molecule has 2 fully saturated rings. The van der Waals surface area contributed by atoms with Gasteiger partial charge < -0.3 is 4.90 Å². The number of amides is 3. The summed E-state index contributed by atoms with van der Waals surface area (Å²) in [6.45, 7) is 5.02. The molecule has 0 bridgehead atoms. The normalized spacial score (nSPS) is 31.9. The van der Waals surface area contributed by atoms with Gasteiger partial charge >= 0.3 is 6.03 Å². The lowest BCUT2D eigenvalue weighted by molar-refractivity contribution is -0.133. The molecule has 0 unspecified atom stereocenters. The van der Waals surface area contributed by atoms with Gasteiger partial charge in [-0.1, -0.05) is 30.2 Å². The van der Waals surface area contributed by atoms with Gasteiger partial charge in [-0.2, -0.15) is 0 Å². The number of nitrogens with zero attached hydrogens (tertiary/aromatic N) is 2. The van der Waals surface area contributed by atoms with Crippen LogP contribution in [0.3, 0.4) is 0 Å². The Morgan fingerprint density at radius 1 is 1.14 bits per heavy atom. The molecule has 0 radical (unpaired) electrons. The number of likely N-dealkylation sites (N-methyl/N-ethyl adjacent to an activating group) is 1. The van der Waals surface area contributed by atoms with Crippen molar-refractivity contribution < 1.29 is 9.59 Å². The van der Waals surface area contributed by atoms with Crippen molar-refractivity contribution in [1.82, 2.24) is 15.6 Å². The predicted molar refractivity (Wildman–Crippen MR) is 107 cm³/mol. The molecule has 28 heavy (non-hydrogen) atoms. The Morgan fingerprint density at radius 2 is 1.89 bits per heavy atom. The monoisotopic (exact) mass is 378 g/mol. The Kier molecular flexibility index (Phi) is 3.56. The van der Waals surface area contributed by atoms with Crippen LogP contribution in [-0.4, -0.2) is 36.0 Å². The van der Waals surface area contributed by atoms with Gasteiger partial charge in [0.25, 0.3) is 5.91 Å². The molecule has 2 aliphatic heterocycles. The van der Waals surface area contributed by atoms with Crippen LogP contribution < -0.4 is 15.8 Å². The number of hydrogen-bond donors (Lipinski definition) is 2. The number of urea groups is 1. The van der Waals surface area contributed by atoms with Crippen molar-refractivity contribution in [3.63, 3.8) is 0 Å². The lowest BCUT2D eigenvalue weighted by atomic mass is 9.55. The fourth-order valence-corrected chi connectivity index (χ4v) is 5.70. The largest absolute Gasteiger partial charge is 0.324 e. The standard InChI is InChI=1S/C22H26N4O2/c1-14-6-8-17(9-7-14)26-18-11-16-5-4-10-22(19(27)24-20(28)25(22)3)21(16,2)12-15(18)13-23-26/h6-9,11,23H,4-5,10,12-13H2,1-3H3,(H,24,27,28)/t21-,22-/m0/s1. The first kappa shape index (κ1) is 17.5. The van der Waals surface area contributed by atoms with E-state index in [1.807, 2.05) is 0 Å². The number of carbonyl (C=O) groups is 2. The van der Waals surface area contributed by atoms with Crippen molar-refractivity contribution in [3.05, 3.63) is 52.7 Å². The lowest BCUT2D eigenvalue weighted by Gasteiger charge is -2.53. The second kappa shape index (κ2) is 5.70. The minimum atomic E-state index is -0.788. The average Bonchev–Trinajstić information content (AvgIpc) is 3.16. The third kappa shape index (κ3) is 2.07. The number of anilines is 1. The highest BCUT2D eigenvalue weighted by Gasteiger charge is 2.65. The summed E-state index contributed by atoms with van der Waals surface area (Å²) in [4.78, 5) is 27.0. The van der Waals surface area contributed by atoms with Crippen molar-refractivity contribution in [2.75, 3.05) is 18.6 Å². The van der Waals surface area contributed by atoms with Crippen molar-refractivity contribution >= 4 is 17.6 Å². The second-order valence-corrected chi connectivity index (χ2v) is 8.71. The summed E-state index contributed by atoms with van der Waals surface area (Å²) in [5, 5.41) is 4.72. The summed E-state index contributed by atoms with van der Waals surface area (Å²) in [7, 11) is 1.77. The van der Waals surface area contributed by atoms with Gasteiger partial charge in [-0.3, -0.25) is 15.1 Å². The molecular formula is C22H26N4O2. The second-order valence-electron chi connectivity index (χ2n) is 8.71. The highest BCUT2D eigenvalue weighted by molar-refractivity contribution is 6.08. The van der Waals surface area contributed by atoms with Crippen molar-refractivity contribution in [1.29, 1.82) is 0 Å². The van der Waals surface area contributed by atoms with Gasteiger partial charge in [-0.25, -0.2) is 10.2 Å². The highest BCUT2D eigenvalue weighted by Crippen LogP contribution is 2.58. The average molecular weight is 378 g/mol. The number of allylic oxidation sites excluding steroid dienone is 1. The van der Waals surface area contributed by atoms with E-state index in [0.29, 0.717) is 6.42 Å². The predicted octanol–water partition coefficient (Wildman–Crippen LogP) is 3.01. The number of aryl methyl sites for hydroxylation is 1. The number of benzene rings is 1. The molecule has 1 aromatic carbocycles. The van der Waals surface area contributed by atoms with Crippen LogP contribution in [0.5, 0.6) is 0 Å². The maximum Gasteiger partial charge on any atom is 0.324 e. The number of fused-ring (bicyclic) bond motifs is 2. The summed E-state index contributed by atoms with van der Waals surface area (Å²) < 4.78 is 0. The molecule has 2 aliphatic carbocycles. The van der Waals surface area contributed by atoms with E-state index in [1.54, 1.807) is 11.9 Å². The molecule has 2 atom stereocenters. The molecule has 3 amide bonds. The van der Waals surface area contributed by atoms with Gasteiger partial charge in [0.15, 0.2) is 0 Å². The first-order chi connectivity index (χ1) is 13.4. The highest BCUT2D eigenvalue weighted by atomic mass is 16.2. The van der Waals surface area contributed by atoms with E-state index in [-0.39, 0.29) is 17.4 Å². The Balaban J connectivity index is 1.57. The van der Waals surface area contributed by atoms with Crippen LogP contribution in [0.15, 0.2) is 47.2 Å². The first-order valence-corrected chi connectivity index (χ1v) is 9.99. The van der Waals surface area contributed by atoms with E-state index in [0.717, 1.165) is 31.5 Å². The van der Waals surface area contributed by atoms with E-state index in [9.17, 15) is 9.59 Å². The Hall–Kier alpha value is -2.60. The summed E-state index contributed by atoms with van der Waals surface area (Å²) in [5.74, 6) is -0.140. The minimum absolute atomic E-state index is 0.140. The zero-order valence-corrected chi connectivity index (χ0v) is 16.6. The van der Waals surface area contributed by atoms with Crippen molar-refractivity contribution in [2.45, 2.75) is 45.1 Å². The van der Waals surface area contributed by atoms with E-state index in [1.165, 1.54) is 22.4 Å². The molecule has 6 nitrogen and oxygen atoms in total. The van der Waals surface area contributed by atoms with Gasteiger partial charge in [0.2, 0.25) is 0 Å². The van der Waals surface area contributed by atoms with Crippen LogP contribution in [-0.2, 0) is 4.79 Å². The van der Waals surface area contributed by atoms with Gasteiger partial charge in [-0.15, -0.1) is 0 Å². The molecule has 0 aromatic heterocycles. The SMILES string of the molecule is Cc1ccc(N2NCC3=C2C=C2CCC[C@]4(C(=O)NC(=O)N4C)[C@@]2(C)C3)cc1. The maximum absolute atomic E-state index is 13.0. The Morgan fingerprint density at radius 3 is 2.57 bits per heavy atom. The van der Waals surface area contributed by atoms with Gasteiger partial charge in [0.05, 0.1) is 11.4 Å². The van der Waals surface area contributed by atoms with Gasteiger partial charge in [-0.05, 0) is 56.4 Å². The van der Waals surface area contributed by atoms with Crippen LogP contribution in [0.1, 0.15) is 38.2 Å². The topological polar surface area (TPSA) is 64.7 Å². The number of hydrazine groups is 1. The number of rotatable bonds is 1. The van der Waals surface area contributed by atoms with E-state index in [4.69, 9.17) is 0 Å². The summed E-state index contributed by atoms with van der Waals surface area (Å²) in [6.07, 6.45) is 5.64. The molecule has 146 valence electrons. The van der Waals surface area contributed by atoms with Crippen molar-refractivity contribution in [3.8, 4) is 0 Å². The maximum atomic E-state index is 13.0. The summed E-state index contributed by atoms with van der Waals surface area (Å²) in [6, 6.07) is 8.22. The number of imide groups is 1. The van der Waals surface area contributed by atoms with E-state index >= 15 is 0 Å². The molecular weight excluding hydrogens is 352 g/mol. The molecule has 1 saturated heterocycles. The smallest absolute Gasteiger partial charge is 0.312 e. The fraction of sp³-hybridized carbons (Fsp3) is 0.455. The summed E-state index contributed by atoms with van der Waals surface area (Å²) >= 11 is 0. The quantitative estimate of drug-likeness (QED) is 0.738. The zero-order chi connectivity index (χ0) is 19.7. The molecule has 4 aliphatic rings. The molecule has 1 saturated carbocycles. The molecule has 6 heteroatoms. The Labute approximate surface area is 165 Å². The lowest BCUT2D eigenvalue weighted by Crippen LogP contribution is -2.62. The third-order valence-corrected chi connectivity index (χ3v) is 7.30. The van der Waals surface area contributed by atoms with E-state index in [2.05, 4.69) is 59.9 Å². The fourth-order valence-electron chi connectivity index (χ4n) is 5.70. The van der Waals surface area contributed by atoms with Crippen LogP contribution in [0.4, 0.5) is 10.5 Å². The number of hydrogen-bond acceptors (Lipinski definition) is 4. The summed E-state index contributed by atoms with van der Waals surface area (Å²) in [5.41, 5.74) is 8.47. The zero-order valence-electron chi connectivity index (χ0n) is 16.6. The van der Waals surface area contributed by atoms with Gasteiger partial charge in [0, 0.05) is 19.0 Å². The molecule has 2 heterocycles.